The number of hydrazine groups is 1. The number of benzene rings is 1. The molecule has 1 aliphatic heterocycles. The summed E-state index contributed by atoms with van der Waals surface area (Å²) >= 11 is 0. The lowest BCUT2D eigenvalue weighted by atomic mass is 9.96. The van der Waals surface area contributed by atoms with E-state index in [1.165, 1.54) is 25.1 Å². The van der Waals surface area contributed by atoms with Gasteiger partial charge in [-0.3, -0.25) is 23.7 Å². The second-order valence-corrected chi connectivity index (χ2v) is 12.0. The fourth-order valence-corrected chi connectivity index (χ4v) is 5.09. The Morgan fingerprint density at radius 2 is 1.73 bits per heavy atom. The third-order valence-electron chi connectivity index (χ3n) is 5.83. The van der Waals surface area contributed by atoms with Crippen LogP contribution in [0.5, 0.6) is 0 Å². The Hall–Kier alpha value is -3.54. The Morgan fingerprint density at radius 1 is 1.12 bits per heavy atom. The molecule has 0 spiro atoms. The number of unbranched alkanes of at least 4 members (excludes halogenated alkanes) is 1. The number of aliphatic carboxylic acids is 1. The number of hydrogen-bond acceptors (Lipinski definition) is 7. The molecule has 1 aromatic carbocycles. The number of amides is 4. The predicted octanol–water partition coefficient (Wildman–Crippen LogP) is 2.40. The summed E-state index contributed by atoms with van der Waals surface area (Å²) in [7, 11) is -5.19. The Balaban J connectivity index is 2.65. The summed E-state index contributed by atoms with van der Waals surface area (Å²) in [6.45, 7) is 8.14. The first-order valence-corrected chi connectivity index (χ1v) is 14.4. The molecule has 0 saturated heterocycles. The van der Waals surface area contributed by atoms with Gasteiger partial charge in [-0.1, -0.05) is 32.4 Å². The SMILES string of the molecule is CCCCC(=O)N(c1cccc(C[C@@H](CC(C)C(=O)O)NC(=O)OC(C)(C)C)c1P(=O)(O)O)N1C(=O)C=CC1=O. The largest absolute Gasteiger partial charge is 0.481 e. The van der Waals surface area contributed by atoms with Gasteiger partial charge in [-0.05, 0) is 51.7 Å². The molecule has 220 valence electrons. The van der Waals surface area contributed by atoms with E-state index in [0.29, 0.717) is 22.9 Å². The van der Waals surface area contributed by atoms with E-state index in [0.717, 1.165) is 12.2 Å². The van der Waals surface area contributed by atoms with Crippen molar-refractivity contribution in [3.8, 4) is 0 Å². The molecule has 1 unspecified atom stereocenters. The summed E-state index contributed by atoms with van der Waals surface area (Å²) in [6.07, 6.45) is 1.52. The van der Waals surface area contributed by atoms with E-state index in [2.05, 4.69) is 5.32 Å². The number of nitrogens with zero attached hydrogens (tertiary/aromatic N) is 2. The zero-order valence-corrected chi connectivity index (χ0v) is 24.0. The smallest absolute Gasteiger partial charge is 0.407 e. The topological polar surface area (TPSA) is 191 Å². The second kappa shape index (κ2) is 13.2. The zero-order chi connectivity index (χ0) is 30.4. The van der Waals surface area contributed by atoms with Crippen molar-refractivity contribution in [1.82, 2.24) is 10.3 Å². The fourth-order valence-electron chi connectivity index (χ4n) is 4.09. The Labute approximate surface area is 232 Å². The van der Waals surface area contributed by atoms with Crippen molar-refractivity contribution in [3.05, 3.63) is 35.9 Å². The molecule has 2 rings (SSSR count). The van der Waals surface area contributed by atoms with Crippen LogP contribution in [0.25, 0.3) is 0 Å². The number of hydrogen-bond donors (Lipinski definition) is 4. The van der Waals surface area contributed by atoms with E-state index >= 15 is 0 Å². The molecule has 0 aromatic heterocycles. The van der Waals surface area contributed by atoms with E-state index in [1.54, 1.807) is 20.8 Å². The van der Waals surface area contributed by atoms with Crippen LogP contribution in [0.1, 0.15) is 65.9 Å². The lowest BCUT2D eigenvalue weighted by Gasteiger charge is -2.32. The summed E-state index contributed by atoms with van der Waals surface area (Å²) in [5.41, 5.74) is -1.27. The predicted molar refractivity (Wildman–Crippen MR) is 144 cm³/mol. The van der Waals surface area contributed by atoms with Gasteiger partial charge >= 0.3 is 19.7 Å². The summed E-state index contributed by atoms with van der Waals surface area (Å²) in [6, 6.07) is 2.99. The van der Waals surface area contributed by atoms with Gasteiger partial charge in [-0.25, -0.2) is 9.80 Å². The molecule has 14 heteroatoms. The molecule has 4 amide bonds. The monoisotopic (exact) mass is 581 g/mol. The summed E-state index contributed by atoms with van der Waals surface area (Å²) in [5, 5.41) is 12.6. The van der Waals surface area contributed by atoms with Crippen LogP contribution >= 0.6 is 7.60 Å². The molecule has 2 atom stereocenters. The Bertz CT molecular complexity index is 1220. The molecule has 1 aliphatic rings. The quantitative estimate of drug-likeness (QED) is 0.211. The molecule has 1 heterocycles. The highest BCUT2D eigenvalue weighted by Gasteiger charge is 2.39. The lowest BCUT2D eigenvalue weighted by Crippen LogP contribution is -2.52. The molecule has 0 fully saturated rings. The second-order valence-electron chi connectivity index (χ2n) is 10.5. The van der Waals surface area contributed by atoms with Gasteiger partial charge < -0.3 is 24.9 Å². The van der Waals surface area contributed by atoms with E-state index in [4.69, 9.17) is 4.74 Å². The number of anilines is 1. The van der Waals surface area contributed by atoms with Crippen molar-refractivity contribution in [2.24, 2.45) is 5.92 Å². The van der Waals surface area contributed by atoms with Crippen LogP contribution < -0.4 is 15.6 Å². The Kier molecular flexibility index (Phi) is 10.8. The van der Waals surface area contributed by atoms with Crippen molar-refractivity contribution in [2.75, 3.05) is 5.01 Å². The molecule has 0 saturated carbocycles. The van der Waals surface area contributed by atoms with Crippen molar-refractivity contribution in [2.45, 2.75) is 78.4 Å². The number of alkyl carbamates (subject to hydrolysis) is 1. The lowest BCUT2D eigenvalue weighted by molar-refractivity contribution is -0.142. The van der Waals surface area contributed by atoms with Crippen LogP contribution in [-0.4, -0.2) is 61.3 Å². The summed E-state index contributed by atoms with van der Waals surface area (Å²) < 4.78 is 18.1. The highest BCUT2D eigenvalue weighted by atomic mass is 31.2. The molecular weight excluding hydrogens is 545 g/mol. The van der Waals surface area contributed by atoms with Crippen LogP contribution in [0.2, 0.25) is 0 Å². The van der Waals surface area contributed by atoms with E-state index in [9.17, 15) is 43.4 Å². The molecule has 40 heavy (non-hydrogen) atoms. The van der Waals surface area contributed by atoms with Gasteiger partial charge in [0.15, 0.2) is 0 Å². The molecule has 1 aromatic rings. The minimum absolute atomic E-state index is 0.0233. The Morgan fingerprint density at radius 3 is 2.23 bits per heavy atom. The van der Waals surface area contributed by atoms with Gasteiger partial charge in [0.05, 0.1) is 16.9 Å². The number of carbonyl (C=O) groups is 5. The third-order valence-corrected chi connectivity index (χ3v) is 6.93. The first-order chi connectivity index (χ1) is 18.5. The minimum Gasteiger partial charge on any atom is -0.481 e. The third kappa shape index (κ3) is 8.73. The molecule has 4 N–H and O–H groups in total. The van der Waals surface area contributed by atoms with Crippen LogP contribution in [0.15, 0.2) is 30.4 Å². The van der Waals surface area contributed by atoms with Crippen LogP contribution in [-0.2, 0) is 34.9 Å². The molecule has 0 aliphatic carbocycles. The van der Waals surface area contributed by atoms with Crippen molar-refractivity contribution in [3.63, 3.8) is 0 Å². The number of carboxylic acids is 1. The van der Waals surface area contributed by atoms with Gasteiger partial charge in [-0.2, -0.15) is 5.01 Å². The molecule has 0 bridgehead atoms. The first-order valence-electron chi connectivity index (χ1n) is 12.8. The fraction of sp³-hybridized carbons (Fsp3) is 0.500. The molecular formula is C26H36N3O10P. The minimum atomic E-state index is -5.19. The molecule has 0 radical (unpaired) electrons. The van der Waals surface area contributed by atoms with E-state index in [-0.39, 0.29) is 30.5 Å². The number of carboxylic acid groups (broad SMARTS) is 1. The number of nitrogens with one attached hydrogen (secondary N) is 1. The van der Waals surface area contributed by atoms with Crippen molar-refractivity contribution >= 4 is 48.4 Å². The van der Waals surface area contributed by atoms with Crippen molar-refractivity contribution < 1.29 is 48.2 Å². The normalized spacial score (nSPS) is 15.1. The van der Waals surface area contributed by atoms with Crippen molar-refractivity contribution in [1.29, 1.82) is 0 Å². The first kappa shape index (κ1) is 32.7. The maximum atomic E-state index is 13.3. The van der Waals surface area contributed by atoms with Gasteiger partial charge in [0.2, 0.25) is 5.91 Å². The summed E-state index contributed by atoms with van der Waals surface area (Å²) in [4.78, 5) is 83.2. The van der Waals surface area contributed by atoms with Gasteiger partial charge in [0.25, 0.3) is 11.8 Å². The number of imide groups is 1. The van der Waals surface area contributed by atoms with E-state index < -0.39 is 60.2 Å². The summed E-state index contributed by atoms with van der Waals surface area (Å²) in [5.74, 6) is -4.55. The van der Waals surface area contributed by atoms with Gasteiger partial charge in [-0.15, -0.1) is 0 Å². The molecule has 13 nitrogen and oxygen atoms in total. The van der Waals surface area contributed by atoms with Crippen LogP contribution in [0, 0.1) is 5.92 Å². The highest BCUT2D eigenvalue weighted by molar-refractivity contribution is 7.60. The number of rotatable bonds is 12. The maximum absolute atomic E-state index is 13.3. The van der Waals surface area contributed by atoms with E-state index in [1.807, 2.05) is 6.92 Å². The highest BCUT2D eigenvalue weighted by Crippen LogP contribution is 2.40. The van der Waals surface area contributed by atoms with Gasteiger partial charge in [0.1, 0.15) is 5.60 Å². The standard InChI is InChI=1S/C26H36N3O10P/c1-6-7-11-20(30)28(29-21(31)12-13-22(29)32)19-10-8-9-17(23(19)40(36,37)38)15-18(14-16(2)24(33)34)27-25(35)39-26(3,4)5/h8-10,12-13,16,18H,6-7,11,14-15H2,1-5H3,(H,27,35)(H,33,34)(H2,36,37,38)/t16?,18-/m1/s1. The van der Waals surface area contributed by atoms with Crippen LogP contribution in [0.4, 0.5) is 10.5 Å². The average Bonchev–Trinajstić information content (AvgIpc) is 3.13. The maximum Gasteiger partial charge on any atom is 0.407 e. The van der Waals surface area contributed by atoms with Crippen LogP contribution in [0.3, 0.4) is 0 Å². The average molecular weight is 582 g/mol. The zero-order valence-electron chi connectivity index (χ0n) is 23.1. The van der Waals surface area contributed by atoms with Gasteiger partial charge in [0, 0.05) is 24.6 Å². The number of carbonyl (C=O) groups excluding carboxylic acids is 4. The number of ether oxygens (including phenoxy) is 1.